The molecule has 0 saturated heterocycles. The van der Waals surface area contributed by atoms with E-state index in [1.807, 2.05) is 12.1 Å². The SMILES string of the molecule is CCC(C)OC(CI)c1ccc(OC)cc1. The van der Waals surface area contributed by atoms with Crippen LogP contribution in [0.15, 0.2) is 24.3 Å². The molecule has 2 atom stereocenters. The number of methoxy groups -OCH3 is 1. The lowest BCUT2D eigenvalue weighted by Crippen LogP contribution is -2.13. The molecule has 1 aromatic carbocycles. The molecule has 0 aliphatic rings. The van der Waals surface area contributed by atoms with Gasteiger partial charge < -0.3 is 9.47 Å². The molecule has 0 saturated carbocycles. The second-order valence-electron chi connectivity index (χ2n) is 3.77. The maximum absolute atomic E-state index is 5.96. The number of ether oxygens (including phenoxy) is 2. The van der Waals surface area contributed by atoms with Crippen LogP contribution in [0.5, 0.6) is 5.75 Å². The number of hydrogen-bond acceptors (Lipinski definition) is 2. The molecule has 0 radical (unpaired) electrons. The minimum atomic E-state index is 0.182. The Morgan fingerprint density at radius 2 is 1.88 bits per heavy atom. The Hall–Kier alpha value is -0.290. The predicted octanol–water partition coefficient (Wildman–Crippen LogP) is 3.99. The largest absolute Gasteiger partial charge is 0.497 e. The van der Waals surface area contributed by atoms with Gasteiger partial charge in [-0.2, -0.15) is 0 Å². The first kappa shape index (κ1) is 13.8. The quantitative estimate of drug-likeness (QED) is 0.579. The van der Waals surface area contributed by atoms with Gasteiger partial charge in [-0.1, -0.05) is 41.6 Å². The van der Waals surface area contributed by atoms with Crippen LogP contribution >= 0.6 is 22.6 Å². The van der Waals surface area contributed by atoms with Crippen molar-refractivity contribution in [3.63, 3.8) is 0 Å². The Balaban J connectivity index is 2.70. The van der Waals surface area contributed by atoms with E-state index < -0.39 is 0 Å². The van der Waals surface area contributed by atoms with E-state index in [0.29, 0.717) is 6.10 Å². The van der Waals surface area contributed by atoms with E-state index in [-0.39, 0.29) is 6.10 Å². The molecule has 0 heterocycles. The van der Waals surface area contributed by atoms with Crippen molar-refractivity contribution in [3.05, 3.63) is 29.8 Å². The Bertz CT molecular complexity index is 297. The topological polar surface area (TPSA) is 18.5 Å². The molecule has 0 bridgehead atoms. The monoisotopic (exact) mass is 334 g/mol. The van der Waals surface area contributed by atoms with Crippen molar-refractivity contribution in [3.8, 4) is 5.75 Å². The maximum atomic E-state index is 5.96. The highest BCUT2D eigenvalue weighted by Gasteiger charge is 2.13. The number of benzene rings is 1. The lowest BCUT2D eigenvalue weighted by molar-refractivity contribution is 0.00976. The molecule has 0 aromatic heterocycles. The lowest BCUT2D eigenvalue weighted by atomic mass is 10.1. The van der Waals surface area contributed by atoms with Crippen LogP contribution in [0.25, 0.3) is 0 Å². The fraction of sp³-hybridized carbons (Fsp3) is 0.538. The first-order valence-electron chi connectivity index (χ1n) is 5.56. The van der Waals surface area contributed by atoms with Gasteiger partial charge in [-0.05, 0) is 31.0 Å². The van der Waals surface area contributed by atoms with Crippen LogP contribution in [0, 0.1) is 0 Å². The third-order valence-electron chi connectivity index (χ3n) is 2.60. The van der Waals surface area contributed by atoms with Crippen molar-refractivity contribution < 1.29 is 9.47 Å². The molecular weight excluding hydrogens is 315 g/mol. The van der Waals surface area contributed by atoms with Gasteiger partial charge in [0.05, 0.1) is 19.3 Å². The highest BCUT2D eigenvalue weighted by molar-refractivity contribution is 14.1. The van der Waals surface area contributed by atoms with E-state index in [1.165, 1.54) is 5.56 Å². The molecule has 16 heavy (non-hydrogen) atoms. The molecule has 1 rings (SSSR count). The van der Waals surface area contributed by atoms with Crippen molar-refractivity contribution in [2.24, 2.45) is 0 Å². The van der Waals surface area contributed by atoms with Gasteiger partial charge in [0.2, 0.25) is 0 Å². The van der Waals surface area contributed by atoms with E-state index >= 15 is 0 Å². The van der Waals surface area contributed by atoms with Crippen molar-refractivity contribution in [1.29, 1.82) is 0 Å². The summed E-state index contributed by atoms with van der Waals surface area (Å²) in [4.78, 5) is 0. The minimum absolute atomic E-state index is 0.182. The third-order valence-corrected chi connectivity index (χ3v) is 3.40. The third kappa shape index (κ3) is 3.94. The minimum Gasteiger partial charge on any atom is -0.497 e. The van der Waals surface area contributed by atoms with Gasteiger partial charge in [0, 0.05) is 4.43 Å². The summed E-state index contributed by atoms with van der Waals surface area (Å²) in [5, 5.41) is 0. The fourth-order valence-corrected chi connectivity index (χ4v) is 2.12. The standard InChI is InChI=1S/C13H19IO2/c1-4-10(2)16-13(9-14)11-5-7-12(15-3)8-6-11/h5-8,10,13H,4,9H2,1-3H3. The van der Waals surface area contributed by atoms with Crippen molar-refractivity contribution >= 4 is 22.6 Å². The van der Waals surface area contributed by atoms with Gasteiger partial charge in [-0.15, -0.1) is 0 Å². The van der Waals surface area contributed by atoms with Crippen molar-refractivity contribution in [2.45, 2.75) is 32.5 Å². The van der Waals surface area contributed by atoms with Crippen LogP contribution in [-0.2, 0) is 4.74 Å². The van der Waals surface area contributed by atoms with Crippen molar-refractivity contribution in [1.82, 2.24) is 0 Å². The zero-order chi connectivity index (χ0) is 12.0. The molecule has 90 valence electrons. The van der Waals surface area contributed by atoms with Crippen LogP contribution in [0.1, 0.15) is 31.9 Å². The summed E-state index contributed by atoms with van der Waals surface area (Å²) in [7, 11) is 1.68. The van der Waals surface area contributed by atoms with Gasteiger partial charge in [-0.3, -0.25) is 0 Å². The van der Waals surface area contributed by atoms with E-state index in [9.17, 15) is 0 Å². The van der Waals surface area contributed by atoms with E-state index in [4.69, 9.17) is 9.47 Å². The summed E-state index contributed by atoms with van der Waals surface area (Å²) in [5.74, 6) is 0.888. The predicted molar refractivity (Wildman–Crippen MR) is 75.5 cm³/mol. The van der Waals surface area contributed by atoms with Crippen LogP contribution in [0.2, 0.25) is 0 Å². The molecule has 3 heteroatoms. The molecule has 0 amide bonds. The van der Waals surface area contributed by atoms with E-state index in [0.717, 1.165) is 16.6 Å². The average molecular weight is 334 g/mol. The Kier molecular flexibility index (Phi) is 6.13. The first-order valence-corrected chi connectivity index (χ1v) is 7.09. The Morgan fingerprint density at radius 3 is 2.31 bits per heavy atom. The molecule has 0 N–H and O–H groups in total. The molecule has 2 nitrogen and oxygen atoms in total. The molecule has 0 aliphatic carbocycles. The molecule has 0 spiro atoms. The Morgan fingerprint density at radius 1 is 1.25 bits per heavy atom. The summed E-state index contributed by atoms with van der Waals surface area (Å²) in [6.07, 6.45) is 1.53. The Labute approximate surface area is 111 Å². The fourth-order valence-electron chi connectivity index (χ4n) is 1.40. The number of halogens is 1. The normalized spacial score (nSPS) is 14.5. The molecule has 2 unspecified atom stereocenters. The summed E-state index contributed by atoms with van der Waals surface area (Å²) in [5.41, 5.74) is 1.22. The summed E-state index contributed by atoms with van der Waals surface area (Å²) in [6, 6.07) is 8.11. The van der Waals surface area contributed by atoms with E-state index in [2.05, 4.69) is 48.6 Å². The summed E-state index contributed by atoms with van der Waals surface area (Å²) in [6.45, 7) is 4.26. The molecule has 1 aromatic rings. The second-order valence-corrected chi connectivity index (χ2v) is 4.65. The highest BCUT2D eigenvalue weighted by atomic mass is 127. The van der Waals surface area contributed by atoms with Gasteiger partial charge in [0.1, 0.15) is 5.75 Å². The molecule has 0 aliphatic heterocycles. The first-order chi connectivity index (χ1) is 7.71. The maximum Gasteiger partial charge on any atom is 0.118 e. The number of rotatable bonds is 6. The van der Waals surface area contributed by atoms with Crippen molar-refractivity contribution in [2.75, 3.05) is 11.5 Å². The summed E-state index contributed by atoms with van der Waals surface area (Å²) >= 11 is 2.36. The van der Waals surface area contributed by atoms with Gasteiger partial charge in [0.15, 0.2) is 0 Å². The smallest absolute Gasteiger partial charge is 0.118 e. The zero-order valence-corrected chi connectivity index (χ0v) is 12.2. The average Bonchev–Trinajstić information content (AvgIpc) is 2.35. The van der Waals surface area contributed by atoms with Crippen LogP contribution in [-0.4, -0.2) is 17.6 Å². The zero-order valence-electron chi connectivity index (χ0n) is 10.1. The van der Waals surface area contributed by atoms with E-state index in [1.54, 1.807) is 7.11 Å². The number of alkyl halides is 1. The summed E-state index contributed by atoms with van der Waals surface area (Å²) < 4.78 is 12.1. The number of hydrogen-bond donors (Lipinski definition) is 0. The molecule has 0 fully saturated rings. The van der Waals surface area contributed by atoms with Crippen LogP contribution in [0.4, 0.5) is 0 Å². The lowest BCUT2D eigenvalue weighted by Gasteiger charge is -2.20. The van der Waals surface area contributed by atoms with Gasteiger partial charge >= 0.3 is 0 Å². The second kappa shape index (κ2) is 7.12. The van der Waals surface area contributed by atoms with Crippen LogP contribution < -0.4 is 4.74 Å². The highest BCUT2D eigenvalue weighted by Crippen LogP contribution is 2.24. The van der Waals surface area contributed by atoms with Gasteiger partial charge in [-0.25, -0.2) is 0 Å². The van der Waals surface area contributed by atoms with Gasteiger partial charge in [0.25, 0.3) is 0 Å². The molecular formula is C13H19IO2. The van der Waals surface area contributed by atoms with Crippen LogP contribution in [0.3, 0.4) is 0 Å².